The predicted octanol–water partition coefficient (Wildman–Crippen LogP) is 3.54. The summed E-state index contributed by atoms with van der Waals surface area (Å²) < 4.78 is 1.83. The van der Waals surface area contributed by atoms with Crippen molar-refractivity contribution < 1.29 is 4.79 Å². The number of carbonyl (C=O) groups excluding carboxylic acids is 1. The van der Waals surface area contributed by atoms with Gasteiger partial charge in [-0.05, 0) is 23.1 Å². The molecule has 0 saturated carbocycles. The van der Waals surface area contributed by atoms with E-state index in [4.69, 9.17) is 0 Å². The van der Waals surface area contributed by atoms with Crippen LogP contribution in [0.1, 0.15) is 42.9 Å². The molecule has 0 aliphatic heterocycles. The van der Waals surface area contributed by atoms with Crippen LogP contribution in [0.3, 0.4) is 0 Å². The number of benzene rings is 1. The maximum Gasteiger partial charge on any atom is 0.268 e. The molecule has 2 rings (SSSR count). The van der Waals surface area contributed by atoms with Crippen molar-refractivity contribution in [3.05, 3.63) is 59.9 Å². The minimum Gasteiger partial charge on any atom is -0.347 e. The lowest BCUT2D eigenvalue weighted by Crippen LogP contribution is -2.37. The Morgan fingerprint density at radius 3 is 2.25 bits per heavy atom. The van der Waals surface area contributed by atoms with E-state index >= 15 is 0 Å². The Labute approximate surface area is 120 Å². The van der Waals surface area contributed by atoms with Gasteiger partial charge >= 0.3 is 0 Å². The SMILES string of the molecule is Cn1cccc1C(=O)NC(c1ccccc1)C(C)(C)C. The van der Waals surface area contributed by atoms with E-state index in [2.05, 4.69) is 38.2 Å². The van der Waals surface area contributed by atoms with Crippen molar-refractivity contribution in [2.24, 2.45) is 12.5 Å². The topological polar surface area (TPSA) is 34.0 Å². The van der Waals surface area contributed by atoms with Gasteiger partial charge in [0.15, 0.2) is 0 Å². The fourth-order valence-corrected chi connectivity index (χ4v) is 2.35. The van der Waals surface area contributed by atoms with Gasteiger partial charge < -0.3 is 9.88 Å². The second-order valence-electron chi connectivity index (χ2n) is 6.19. The van der Waals surface area contributed by atoms with E-state index in [1.165, 1.54) is 0 Å². The molecule has 0 aliphatic rings. The van der Waals surface area contributed by atoms with Gasteiger partial charge in [0.2, 0.25) is 0 Å². The van der Waals surface area contributed by atoms with Crippen molar-refractivity contribution in [1.29, 1.82) is 0 Å². The fraction of sp³-hybridized carbons (Fsp3) is 0.353. The van der Waals surface area contributed by atoms with Crippen LogP contribution in [0, 0.1) is 5.41 Å². The molecule has 0 saturated heterocycles. The number of aromatic nitrogens is 1. The Morgan fingerprint density at radius 2 is 1.75 bits per heavy atom. The summed E-state index contributed by atoms with van der Waals surface area (Å²) in [5.41, 5.74) is 1.75. The van der Waals surface area contributed by atoms with Gasteiger partial charge in [-0.3, -0.25) is 4.79 Å². The summed E-state index contributed by atoms with van der Waals surface area (Å²) in [5, 5.41) is 3.16. The van der Waals surface area contributed by atoms with Gasteiger partial charge in [0, 0.05) is 13.2 Å². The number of rotatable bonds is 3. The van der Waals surface area contributed by atoms with Crippen LogP contribution in [0.25, 0.3) is 0 Å². The molecule has 106 valence electrons. The molecule has 1 unspecified atom stereocenters. The van der Waals surface area contributed by atoms with Crippen molar-refractivity contribution in [3.8, 4) is 0 Å². The van der Waals surface area contributed by atoms with Crippen LogP contribution in [0.15, 0.2) is 48.7 Å². The lowest BCUT2D eigenvalue weighted by Gasteiger charge is -2.32. The third-order valence-corrected chi connectivity index (χ3v) is 3.45. The summed E-state index contributed by atoms with van der Waals surface area (Å²) >= 11 is 0. The molecule has 0 bridgehead atoms. The van der Waals surface area contributed by atoms with Crippen molar-refractivity contribution in [1.82, 2.24) is 9.88 Å². The first-order valence-corrected chi connectivity index (χ1v) is 6.87. The molecular weight excluding hydrogens is 248 g/mol. The average Bonchev–Trinajstić information content (AvgIpc) is 2.82. The average molecular weight is 270 g/mol. The van der Waals surface area contributed by atoms with E-state index in [0.717, 1.165) is 5.56 Å². The molecule has 1 aromatic carbocycles. The standard InChI is InChI=1S/C17H22N2O/c1-17(2,3)15(13-9-6-5-7-10-13)18-16(20)14-11-8-12-19(14)4/h5-12,15H,1-4H3,(H,18,20). The number of hydrogen-bond donors (Lipinski definition) is 1. The van der Waals surface area contributed by atoms with Crippen molar-refractivity contribution in [3.63, 3.8) is 0 Å². The Bertz CT molecular complexity index is 579. The zero-order valence-electron chi connectivity index (χ0n) is 12.6. The third-order valence-electron chi connectivity index (χ3n) is 3.45. The Hall–Kier alpha value is -2.03. The van der Waals surface area contributed by atoms with E-state index in [1.54, 1.807) is 0 Å². The van der Waals surface area contributed by atoms with Gasteiger partial charge in [-0.1, -0.05) is 51.1 Å². The maximum absolute atomic E-state index is 12.4. The lowest BCUT2D eigenvalue weighted by molar-refractivity contribution is 0.0893. The molecule has 1 aromatic heterocycles. The molecule has 1 heterocycles. The molecule has 0 spiro atoms. The van der Waals surface area contributed by atoms with Crippen LogP contribution in [0.4, 0.5) is 0 Å². The highest BCUT2D eigenvalue weighted by atomic mass is 16.2. The number of nitrogens with zero attached hydrogens (tertiary/aromatic N) is 1. The molecule has 0 fully saturated rings. The van der Waals surface area contributed by atoms with Crippen molar-refractivity contribution in [2.45, 2.75) is 26.8 Å². The van der Waals surface area contributed by atoms with Crippen molar-refractivity contribution in [2.75, 3.05) is 0 Å². The normalized spacial score (nSPS) is 13.0. The Balaban J connectivity index is 2.26. The van der Waals surface area contributed by atoms with Crippen LogP contribution in [-0.2, 0) is 7.05 Å². The van der Waals surface area contributed by atoms with Crippen LogP contribution < -0.4 is 5.32 Å². The van der Waals surface area contributed by atoms with E-state index in [-0.39, 0.29) is 17.4 Å². The van der Waals surface area contributed by atoms with Crippen LogP contribution in [0.5, 0.6) is 0 Å². The highest BCUT2D eigenvalue weighted by Gasteiger charge is 2.28. The van der Waals surface area contributed by atoms with Crippen molar-refractivity contribution >= 4 is 5.91 Å². The highest BCUT2D eigenvalue weighted by Crippen LogP contribution is 2.32. The van der Waals surface area contributed by atoms with Gasteiger partial charge in [0.05, 0.1) is 6.04 Å². The van der Waals surface area contributed by atoms with Gasteiger partial charge in [-0.2, -0.15) is 0 Å². The first-order chi connectivity index (χ1) is 9.39. The molecule has 1 amide bonds. The zero-order chi connectivity index (χ0) is 14.8. The summed E-state index contributed by atoms with van der Waals surface area (Å²) in [4.78, 5) is 12.4. The lowest BCUT2D eigenvalue weighted by atomic mass is 9.82. The minimum absolute atomic E-state index is 0.0221. The quantitative estimate of drug-likeness (QED) is 0.909. The predicted molar refractivity (Wildman–Crippen MR) is 81.5 cm³/mol. The number of carbonyl (C=O) groups is 1. The monoisotopic (exact) mass is 270 g/mol. The summed E-state index contributed by atoms with van der Waals surface area (Å²) in [6, 6.07) is 13.8. The third kappa shape index (κ3) is 3.10. The summed E-state index contributed by atoms with van der Waals surface area (Å²) in [6.07, 6.45) is 1.88. The molecule has 0 radical (unpaired) electrons. The zero-order valence-corrected chi connectivity index (χ0v) is 12.6. The first kappa shape index (κ1) is 14.4. The van der Waals surface area contributed by atoms with Gasteiger partial charge in [0.25, 0.3) is 5.91 Å². The largest absolute Gasteiger partial charge is 0.347 e. The second kappa shape index (κ2) is 5.53. The number of aryl methyl sites for hydroxylation is 1. The number of hydrogen-bond acceptors (Lipinski definition) is 1. The first-order valence-electron chi connectivity index (χ1n) is 6.87. The molecule has 0 aliphatic carbocycles. The summed E-state index contributed by atoms with van der Waals surface area (Å²) in [6.45, 7) is 6.40. The van der Waals surface area contributed by atoms with E-state index < -0.39 is 0 Å². The molecule has 2 aromatic rings. The molecular formula is C17H22N2O. The van der Waals surface area contributed by atoms with Gasteiger partial charge in [-0.25, -0.2) is 0 Å². The van der Waals surface area contributed by atoms with E-state index in [9.17, 15) is 4.79 Å². The van der Waals surface area contributed by atoms with Gasteiger partial charge in [-0.15, -0.1) is 0 Å². The Kier molecular flexibility index (Phi) is 3.98. The maximum atomic E-state index is 12.4. The molecule has 1 N–H and O–H groups in total. The number of nitrogens with one attached hydrogen (secondary N) is 1. The molecule has 20 heavy (non-hydrogen) atoms. The molecule has 3 heteroatoms. The Morgan fingerprint density at radius 1 is 1.10 bits per heavy atom. The minimum atomic E-state index is -0.0534. The van der Waals surface area contributed by atoms with Gasteiger partial charge in [0.1, 0.15) is 5.69 Å². The second-order valence-corrected chi connectivity index (χ2v) is 6.19. The highest BCUT2D eigenvalue weighted by molar-refractivity contribution is 5.93. The fourth-order valence-electron chi connectivity index (χ4n) is 2.35. The summed E-state index contributed by atoms with van der Waals surface area (Å²) in [7, 11) is 1.88. The van der Waals surface area contributed by atoms with Crippen LogP contribution in [-0.4, -0.2) is 10.5 Å². The molecule has 1 atom stereocenters. The number of amides is 1. The molecule has 3 nitrogen and oxygen atoms in total. The smallest absolute Gasteiger partial charge is 0.268 e. The summed E-state index contributed by atoms with van der Waals surface area (Å²) in [5.74, 6) is -0.0405. The van der Waals surface area contributed by atoms with E-state index in [0.29, 0.717) is 5.69 Å². The van der Waals surface area contributed by atoms with Crippen LogP contribution in [0.2, 0.25) is 0 Å². The van der Waals surface area contributed by atoms with Crippen LogP contribution >= 0.6 is 0 Å². The van der Waals surface area contributed by atoms with E-state index in [1.807, 2.05) is 48.1 Å².